The van der Waals surface area contributed by atoms with E-state index in [0.29, 0.717) is 0 Å². The Morgan fingerprint density at radius 2 is 2.25 bits per heavy atom. The first-order valence-corrected chi connectivity index (χ1v) is 1.14. The van der Waals surface area contributed by atoms with Crippen LogP contribution in [0.2, 0.25) is 0 Å². The van der Waals surface area contributed by atoms with Crippen molar-refractivity contribution in [1.29, 1.82) is 0 Å². The van der Waals surface area contributed by atoms with Gasteiger partial charge in [0.15, 0.2) is 0 Å². The number of hydrogen-bond acceptors (Lipinski definition) is 0. The predicted molar refractivity (Wildman–Crippen MR) is 14.5 cm³/mol. The van der Waals surface area contributed by atoms with E-state index in [-0.39, 0.29) is 6.61 Å². The standard InChI is InChI=1S/C3H5O/c1-2-3-4/h3H2,1H3. The van der Waals surface area contributed by atoms with Crippen molar-refractivity contribution in [1.82, 2.24) is 0 Å². The first-order chi connectivity index (χ1) is 1.91. The fraction of sp³-hybridized carbons (Fsp3) is 0.667. The van der Waals surface area contributed by atoms with Crippen molar-refractivity contribution < 1.29 is 5.11 Å². The average Bonchev–Trinajstić information content (AvgIpc) is 1.37. The van der Waals surface area contributed by atoms with Gasteiger partial charge in [-0.25, -0.2) is 5.11 Å². The Bertz CT molecular complexity index is 5.25. The van der Waals surface area contributed by atoms with E-state index < -0.39 is 0 Å². The third-order valence-electron chi connectivity index (χ3n) is 0.144. The monoisotopic (exact) mass is 57.0 g/mol. The third-order valence-corrected chi connectivity index (χ3v) is 0.144. The van der Waals surface area contributed by atoms with Crippen molar-refractivity contribution in [2.45, 2.75) is 6.92 Å². The summed E-state index contributed by atoms with van der Waals surface area (Å²) >= 11 is 0. The summed E-state index contributed by atoms with van der Waals surface area (Å²) in [5, 5.41) is 9.19. The minimum absolute atomic E-state index is 0.181. The van der Waals surface area contributed by atoms with Gasteiger partial charge in [-0.15, -0.1) is 0 Å². The molecule has 3 radical (unpaired) electrons. The van der Waals surface area contributed by atoms with E-state index in [9.17, 15) is 5.11 Å². The fourth-order valence-corrected chi connectivity index (χ4v) is 0. The summed E-state index contributed by atoms with van der Waals surface area (Å²) in [5.41, 5.74) is 0. The molecule has 1 nitrogen and oxygen atoms in total. The number of hydrogen-bond donors (Lipinski definition) is 0. The number of rotatable bonds is 1. The molecular formula is C3H5O. The molecule has 1 heteroatoms. The molecule has 0 aromatic heterocycles. The summed E-state index contributed by atoms with van der Waals surface area (Å²) in [4.78, 5) is 0. The van der Waals surface area contributed by atoms with Crippen LogP contribution < -0.4 is 0 Å². The molecule has 0 atom stereocenters. The van der Waals surface area contributed by atoms with Crippen molar-refractivity contribution in [2.24, 2.45) is 0 Å². The molecule has 0 N–H and O–H groups in total. The largest absolute Gasteiger partial charge is 0.236 e. The zero-order valence-corrected chi connectivity index (χ0v) is 2.62. The smallest absolute Gasteiger partial charge is 0.0888 e. The van der Waals surface area contributed by atoms with E-state index in [2.05, 4.69) is 6.42 Å². The molecule has 0 aromatic carbocycles. The van der Waals surface area contributed by atoms with E-state index in [0.717, 1.165) is 0 Å². The first kappa shape index (κ1) is 3.96. The van der Waals surface area contributed by atoms with Crippen LogP contribution >= 0.6 is 0 Å². The highest BCUT2D eigenvalue weighted by atomic mass is 16.2. The van der Waals surface area contributed by atoms with Crippen LogP contribution in [0.25, 0.3) is 0 Å². The van der Waals surface area contributed by atoms with Crippen LogP contribution in [0, 0.1) is 6.42 Å². The SMILES string of the molecule is C[C]C[O]. The second-order valence-corrected chi connectivity index (χ2v) is 0.498. The highest BCUT2D eigenvalue weighted by Gasteiger charge is 1.62. The quantitative estimate of drug-likeness (QED) is 0.418. The maximum Gasteiger partial charge on any atom is 0.0888 e. The van der Waals surface area contributed by atoms with Crippen molar-refractivity contribution in [3.05, 3.63) is 6.42 Å². The molecule has 0 unspecified atom stereocenters. The minimum Gasteiger partial charge on any atom is -0.236 e. The highest BCUT2D eigenvalue weighted by Crippen LogP contribution is 1.60. The molecule has 0 aliphatic rings. The Morgan fingerprint density at radius 1 is 2.00 bits per heavy atom. The molecule has 0 aliphatic heterocycles. The van der Waals surface area contributed by atoms with Crippen LogP contribution in [-0.2, 0) is 5.11 Å². The molecular weight excluding hydrogens is 52.0 g/mol. The lowest BCUT2D eigenvalue weighted by molar-refractivity contribution is 0.221. The molecule has 0 aromatic rings. The van der Waals surface area contributed by atoms with Gasteiger partial charge in [0.25, 0.3) is 0 Å². The Labute approximate surface area is 26.3 Å². The van der Waals surface area contributed by atoms with Gasteiger partial charge < -0.3 is 0 Å². The summed E-state index contributed by atoms with van der Waals surface area (Å²) in [6.07, 6.45) is 2.38. The van der Waals surface area contributed by atoms with Crippen LogP contribution in [0.1, 0.15) is 6.92 Å². The Hall–Kier alpha value is -0.0400. The maximum absolute atomic E-state index is 9.19. The van der Waals surface area contributed by atoms with Crippen molar-refractivity contribution >= 4 is 0 Å². The lowest BCUT2D eigenvalue weighted by Crippen LogP contribution is -1.67. The molecule has 0 fully saturated rings. The molecule has 0 amide bonds. The lowest BCUT2D eigenvalue weighted by Gasteiger charge is -1.63. The topological polar surface area (TPSA) is 19.9 Å². The second kappa shape index (κ2) is 2.96. The molecule has 0 bridgehead atoms. The summed E-state index contributed by atoms with van der Waals surface area (Å²) in [6.45, 7) is 1.44. The Balaban J connectivity index is 1.97. The zero-order valence-electron chi connectivity index (χ0n) is 2.62. The summed E-state index contributed by atoms with van der Waals surface area (Å²) in [7, 11) is 0. The van der Waals surface area contributed by atoms with Gasteiger partial charge in [0.05, 0.1) is 6.61 Å². The predicted octanol–water partition coefficient (Wildman–Crippen LogP) is 0.518. The van der Waals surface area contributed by atoms with E-state index >= 15 is 0 Å². The second-order valence-electron chi connectivity index (χ2n) is 0.498. The normalized spacial score (nSPS) is 7.50. The Kier molecular flexibility index (Phi) is 2.93. The van der Waals surface area contributed by atoms with Crippen LogP contribution in [0.4, 0.5) is 0 Å². The van der Waals surface area contributed by atoms with Gasteiger partial charge in [-0.3, -0.25) is 0 Å². The lowest BCUT2D eigenvalue weighted by atomic mass is 10.5. The van der Waals surface area contributed by atoms with E-state index in [1.165, 1.54) is 0 Å². The maximum atomic E-state index is 9.19. The molecule has 0 spiro atoms. The van der Waals surface area contributed by atoms with Crippen LogP contribution in [0.5, 0.6) is 0 Å². The van der Waals surface area contributed by atoms with Crippen molar-refractivity contribution in [2.75, 3.05) is 6.61 Å². The summed E-state index contributed by atoms with van der Waals surface area (Å²) < 4.78 is 0. The molecule has 23 valence electrons. The van der Waals surface area contributed by atoms with Gasteiger partial charge >= 0.3 is 0 Å². The summed E-state index contributed by atoms with van der Waals surface area (Å²) in [5.74, 6) is 0. The zero-order chi connectivity index (χ0) is 3.41. The Morgan fingerprint density at radius 3 is 2.25 bits per heavy atom. The van der Waals surface area contributed by atoms with E-state index in [1.807, 2.05) is 0 Å². The van der Waals surface area contributed by atoms with Crippen LogP contribution in [-0.4, -0.2) is 6.61 Å². The highest BCUT2D eigenvalue weighted by molar-refractivity contribution is 4.45. The molecule has 0 heterocycles. The molecule has 0 saturated carbocycles. The first-order valence-electron chi connectivity index (χ1n) is 1.14. The molecule has 0 rings (SSSR count). The van der Waals surface area contributed by atoms with Crippen molar-refractivity contribution in [3.63, 3.8) is 0 Å². The van der Waals surface area contributed by atoms with Gasteiger partial charge in [-0.2, -0.15) is 0 Å². The molecule has 0 saturated heterocycles. The van der Waals surface area contributed by atoms with Gasteiger partial charge in [0.2, 0.25) is 0 Å². The molecule has 4 heavy (non-hydrogen) atoms. The van der Waals surface area contributed by atoms with Gasteiger partial charge in [-0.05, 0) is 0 Å². The van der Waals surface area contributed by atoms with Gasteiger partial charge in [0, 0.05) is 6.42 Å². The molecule has 0 aliphatic carbocycles. The van der Waals surface area contributed by atoms with E-state index in [1.54, 1.807) is 6.92 Å². The fourth-order valence-electron chi connectivity index (χ4n) is 0. The summed E-state index contributed by atoms with van der Waals surface area (Å²) in [6, 6.07) is 0. The van der Waals surface area contributed by atoms with Crippen molar-refractivity contribution in [3.8, 4) is 0 Å². The van der Waals surface area contributed by atoms with Crippen LogP contribution in [0.3, 0.4) is 0 Å². The minimum atomic E-state index is -0.181. The average molecular weight is 57.1 g/mol. The van der Waals surface area contributed by atoms with E-state index in [4.69, 9.17) is 0 Å². The van der Waals surface area contributed by atoms with Crippen LogP contribution in [0.15, 0.2) is 0 Å². The third kappa shape index (κ3) is 1.96. The van der Waals surface area contributed by atoms with Gasteiger partial charge in [-0.1, -0.05) is 6.92 Å². The van der Waals surface area contributed by atoms with Gasteiger partial charge in [0.1, 0.15) is 0 Å².